The van der Waals surface area contributed by atoms with E-state index in [4.69, 9.17) is 22.7 Å². The number of aromatic nitrogens is 1. The zero-order chi connectivity index (χ0) is 14.8. The molecule has 5 nitrogen and oxygen atoms in total. The van der Waals surface area contributed by atoms with E-state index in [9.17, 15) is 0 Å². The maximum atomic E-state index is 7.57. The fourth-order valence-electron chi connectivity index (χ4n) is 3.43. The van der Waals surface area contributed by atoms with Crippen LogP contribution in [0.1, 0.15) is 31.2 Å². The number of nitrogens with two attached hydrogens (primary N) is 1. The predicted molar refractivity (Wildman–Crippen MR) is 86.3 cm³/mol. The molecule has 1 aromatic rings. The molecule has 114 valence electrons. The number of rotatable bonds is 3. The largest absolute Gasteiger partial charge is 0.384 e. The van der Waals surface area contributed by atoms with Crippen molar-refractivity contribution in [3.63, 3.8) is 0 Å². The normalized spacial score (nSPS) is 20.9. The average molecular weight is 308 g/mol. The summed E-state index contributed by atoms with van der Waals surface area (Å²) in [5, 5.41) is 8.07. The molecule has 6 heteroatoms. The number of pyridine rings is 1. The van der Waals surface area contributed by atoms with Gasteiger partial charge in [0.25, 0.3) is 0 Å². The van der Waals surface area contributed by atoms with Gasteiger partial charge in [0.15, 0.2) is 0 Å². The van der Waals surface area contributed by atoms with Gasteiger partial charge >= 0.3 is 0 Å². The minimum atomic E-state index is -0.00626. The van der Waals surface area contributed by atoms with Crippen molar-refractivity contribution in [1.82, 2.24) is 9.88 Å². The van der Waals surface area contributed by atoms with E-state index in [-0.39, 0.29) is 5.84 Å². The van der Waals surface area contributed by atoms with Crippen molar-refractivity contribution in [2.75, 3.05) is 31.1 Å². The second-order valence-electron chi connectivity index (χ2n) is 5.87. The number of nitrogens with zero attached hydrogens (tertiary/aromatic N) is 3. The Morgan fingerprint density at radius 1 is 1.24 bits per heavy atom. The zero-order valence-corrected chi connectivity index (χ0v) is 12.9. The first kappa shape index (κ1) is 14.6. The monoisotopic (exact) mass is 307 g/mol. The van der Waals surface area contributed by atoms with Gasteiger partial charge in [-0.25, -0.2) is 4.98 Å². The Kier molecular flexibility index (Phi) is 4.31. The summed E-state index contributed by atoms with van der Waals surface area (Å²) in [6.07, 6.45) is 7.12. The third-order valence-corrected chi connectivity index (χ3v) is 4.99. The number of hydrogen-bond donors (Lipinski definition) is 2. The van der Waals surface area contributed by atoms with Crippen LogP contribution in [0.3, 0.4) is 0 Å². The lowest BCUT2D eigenvalue weighted by atomic mass is 10.1. The van der Waals surface area contributed by atoms with Crippen LogP contribution in [0.5, 0.6) is 0 Å². The molecule has 0 atom stereocenters. The molecule has 0 amide bonds. The molecular weight excluding hydrogens is 286 g/mol. The topological polar surface area (TPSA) is 69.2 Å². The van der Waals surface area contributed by atoms with Gasteiger partial charge in [0.05, 0.1) is 5.02 Å². The number of anilines is 1. The van der Waals surface area contributed by atoms with Gasteiger partial charge in [-0.15, -0.1) is 0 Å². The molecular formula is C15H22ClN5. The molecule has 0 bridgehead atoms. The van der Waals surface area contributed by atoms with Gasteiger partial charge in [-0.2, -0.15) is 0 Å². The maximum absolute atomic E-state index is 7.57. The first-order valence-electron chi connectivity index (χ1n) is 7.64. The molecule has 0 unspecified atom stereocenters. The smallest absolute Gasteiger partial charge is 0.148 e. The second-order valence-corrected chi connectivity index (χ2v) is 6.25. The zero-order valence-electron chi connectivity index (χ0n) is 12.2. The lowest BCUT2D eigenvalue weighted by Crippen LogP contribution is -2.50. The maximum Gasteiger partial charge on any atom is 0.148 e. The number of amidine groups is 1. The Balaban J connectivity index is 1.69. The molecule has 21 heavy (non-hydrogen) atoms. The van der Waals surface area contributed by atoms with E-state index in [2.05, 4.69) is 14.8 Å². The van der Waals surface area contributed by atoms with Crippen LogP contribution in [0.25, 0.3) is 0 Å². The molecule has 2 aliphatic rings. The Bertz CT molecular complexity index is 519. The number of nitrogens with one attached hydrogen (secondary N) is 1. The fourth-order valence-corrected chi connectivity index (χ4v) is 3.76. The molecule has 1 aliphatic carbocycles. The van der Waals surface area contributed by atoms with Crippen molar-refractivity contribution < 1.29 is 0 Å². The van der Waals surface area contributed by atoms with Crippen molar-refractivity contribution in [3.05, 3.63) is 22.8 Å². The third kappa shape index (κ3) is 2.99. The molecule has 0 aromatic carbocycles. The summed E-state index contributed by atoms with van der Waals surface area (Å²) < 4.78 is 0. The summed E-state index contributed by atoms with van der Waals surface area (Å²) in [7, 11) is 0. The molecule has 3 N–H and O–H groups in total. The molecule has 3 rings (SSSR count). The van der Waals surface area contributed by atoms with Gasteiger partial charge in [0.1, 0.15) is 11.7 Å². The number of piperazine rings is 1. The van der Waals surface area contributed by atoms with Crippen molar-refractivity contribution in [1.29, 1.82) is 5.41 Å². The van der Waals surface area contributed by atoms with Gasteiger partial charge in [-0.1, -0.05) is 24.4 Å². The first-order valence-corrected chi connectivity index (χ1v) is 8.02. The molecule has 2 fully saturated rings. The lowest BCUT2D eigenvalue weighted by Gasteiger charge is -2.38. The quantitative estimate of drug-likeness (QED) is 0.662. The van der Waals surface area contributed by atoms with Crippen molar-refractivity contribution in [3.8, 4) is 0 Å². The van der Waals surface area contributed by atoms with E-state index in [0.29, 0.717) is 10.6 Å². The number of hydrogen-bond acceptors (Lipinski definition) is 4. The molecule has 1 aromatic heterocycles. The number of halogens is 1. The van der Waals surface area contributed by atoms with E-state index < -0.39 is 0 Å². The fraction of sp³-hybridized carbons (Fsp3) is 0.600. The molecule has 1 saturated heterocycles. The summed E-state index contributed by atoms with van der Waals surface area (Å²) in [4.78, 5) is 9.20. The number of nitrogen functional groups attached to an aromatic ring is 1. The Hall–Kier alpha value is -1.33. The standard InChI is InChI=1S/C15H22ClN5/c16-13-12(14(17)18)5-6-19-15(13)21-9-7-20(8-10-21)11-3-1-2-4-11/h5-6,11H,1-4,7-10H2,(H3,17,18). The summed E-state index contributed by atoms with van der Waals surface area (Å²) >= 11 is 6.36. The van der Waals surface area contributed by atoms with Gasteiger partial charge < -0.3 is 10.6 Å². The van der Waals surface area contributed by atoms with Gasteiger partial charge in [0.2, 0.25) is 0 Å². The molecule has 0 spiro atoms. The predicted octanol–water partition coefficient (Wildman–Crippen LogP) is 2.08. The van der Waals surface area contributed by atoms with Crippen LogP contribution in [-0.2, 0) is 0 Å². The van der Waals surface area contributed by atoms with Crippen LogP contribution in [-0.4, -0.2) is 47.9 Å². The van der Waals surface area contributed by atoms with E-state index >= 15 is 0 Å². The highest BCUT2D eigenvalue weighted by Gasteiger charge is 2.27. The SMILES string of the molecule is N=C(N)c1ccnc(N2CCN(C3CCCC3)CC2)c1Cl. The van der Waals surface area contributed by atoms with E-state index in [1.165, 1.54) is 25.7 Å². The van der Waals surface area contributed by atoms with Crippen LogP contribution < -0.4 is 10.6 Å². The minimum absolute atomic E-state index is 0.00626. The van der Waals surface area contributed by atoms with Crippen LogP contribution in [0, 0.1) is 5.41 Å². The Labute approximate surface area is 130 Å². The van der Waals surface area contributed by atoms with Gasteiger partial charge in [-0.05, 0) is 18.9 Å². The third-order valence-electron chi connectivity index (χ3n) is 4.62. The lowest BCUT2D eigenvalue weighted by molar-refractivity contribution is 0.187. The minimum Gasteiger partial charge on any atom is -0.384 e. The molecule has 1 aliphatic heterocycles. The van der Waals surface area contributed by atoms with Crippen LogP contribution >= 0.6 is 11.6 Å². The Morgan fingerprint density at radius 3 is 2.52 bits per heavy atom. The van der Waals surface area contributed by atoms with Gasteiger partial charge in [0, 0.05) is 44.0 Å². The summed E-state index contributed by atoms with van der Waals surface area (Å²) in [5.41, 5.74) is 6.13. The summed E-state index contributed by atoms with van der Waals surface area (Å²) in [6, 6.07) is 2.47. The molecule has 1 saturated carbocycles. The molecule has 0 radical (unpaired) electrons. The van der Waals surface area contributed by atoms with E-state index in [1.54, 1.807) is 12.3 Å². The highest BCUT2D eigenvalue weighted by atomic mass is 35.5. The highest BCUT2D eigenvalue weighted by molar-refractivity contribution is 6.36. The average Bonchev–Trinajstić information content (AvgIpc) is 3.02. The summed E-state index contributed by atoms with van der Waals surface area (Å²) in [6.45, 7) is 4.00. The van der Waals surface area contributed by atoms with Crippen molar-refractivity contribution in [2.24, 2.45) is 5.73 Å². The highest BCUT2D eigenvalue weighted by Crippen LogP contribution is 2.29. The second kappa shape index (κ2) is 6.20. The van der Waals surface area contributed by atoms with Crippen molar-refractivity contribution in [2.45, 2.75) is 31.7 Å². The van der Waals surface area contributed by atoms with Crippen LogP contribution in [0.15, 0.2) is 12.3 Å². The first-order chi connectivity index (χ1) is 10.2. The van der Waals surface area contributed by atoms with Crippen LogP contribution in [0.4, 0.5) is 5.82 Å². The van der Waals surface area contributed by atoms with E-state index in [1.807, 2.05) is 0 Å². The van der Waals surface area contributed by atoms with E-state index in [0.717, 1.165) is 38.0 Å². The molecule has 2 heterocycles. The Morgan fingerprint density at radius 2 is 1.90 bits per heavy atom. The van der Waals surface area contributed by atoms with Crippen LogP contribution in [0.2, 0.25) is 5.02 Å². The summed E-state index contributed by atoms with van der Waals surface area (Å²) in [5.74, 6) is 0.753. The van der Waals surface area contributed by atoms with Gasteiger partial charge in [-0.3, -0.25) is 10.3 Å². The van der Waals surface area contributed by atoms with Crippen molar-refractivity contribution >= 4 is 23.3 Å².